The quantitative estimate of drug-likeness (QED) is 0.549. The Kier molecular flexibility index (Phi) is 2.02. The van der Waals surface area contributed by atoms with Crippen molar-refractivity contribution in [1.82, 2.24) is 0 Å². The number of guanidine groups is 1. The van der Waals surface area contributed by atoms with Crippen molar-refractivity contribution in [2.24, 2.45) is 22.4 Å². The summed E-state index contributed by atoms with van der Waals surface area (Å²) < 4.78 is 0. The number of fused-ring (bicyclic) bond motifs is 2. The zero-order valence-corrected chi connectivity index (χ0v) is 9.52. The normalized spacial score (nSPS) is 28.8. The van der Waals surface area contributed by atoms with Crippen molar-refractivity contribution in [3.63, 3.8) is 0 Å². The summed E-state index contributed by atoms with van der Waals surface area (Å²) in [4.78, 5) is 15.5. The molecule has 1 amide bonds. The molecule has 4 nitrogen and oxygen atoms in total. The summed E-state index contributed by atoms with van der Waals surface area (Å²) in [6, 6.07) is 8.36. The van der Waals surface area contributed by atoms with Gasteiger partial charge in [0.05, 0.1) is 5.92 Å². The van der Waals surface area contributed by atoms with E-state index < -0.39 is 0 Å². The lowest BCUT2D eigenvalue weighted by Gasteiger charge is -2.09. The second-order valence-corrected chi connectivity index (χ2v) is 4.94. The Morgan fingerprint density at radius 3 is 2.88 bits per heavy atom. The zero-order chi connectivity index (χ0) is 12.0. The minimum atomic E-state index is -0.165. The molecule has 0 saturated heterocycles. The lowest BCUT2D eigenvalue weighted by Crippen LogP contribution is -2.25. The van der Waals surface area contributed by atoms with Gasteiger partial charge in [-0.25, -0.2) is 0 Å². The van der Waals surface area contributed by atoms with Crippen LogP contribution in [-0.2, 0) is 16.6 Å². The summed E-state index contributed by atoms with van der Waals surface area (Å²) in [6.07, 6.45) is 2.99. The molecule has 4 heteroatoms. The number of aliphatic imine (C=N–C) groups is 1. The molecule has 1 fully saturated rings. The number of carbonyl (C=O) groups is 1. The van der Waals surface area contributed by atoms with E-state index in [2.05, 4.69) is 17.1 Å². The van der Waals surface area contributed by atoms with E-state index in [4.69, 9.17) is 11.5 Å². The molecular formula is C13H15N3O. The number of benzene rings is 1. The van der Waals surface area contributed by atoms with Crippen LogP contribution in [0.5, 0.6) is 0 Å². The van der Waals surface area contributed by atoms with Crippen LogP contribution in [0.2, 0.25) is 0 Å². The molecule has 0 radical (unpaired) electrons. The lowest BCUT2D eigenvalue weighted by atomic mass is 9.95. The molecule has 0 bridgehead atoms. The van der Waals surface area contributed by atoms with Gasteiger partial charge in [-0.2, -0.15) is 4.99 Å². The maximum absolute atomic E-state index is 11.8. The van der Waals surface area contributed by atoms with Crippen molar-refractivity contribution in [3.8, 4) is 0 Å². The van der Waals surface area contributed by atoms with Crippen molar-refractivity contribution >= 4 is 11.9 Å². The van der Waals surface area contributed by atoms with Gasteiger partial charge >= 0.3 is 0 Å². The average Bonchev–Trinajstić information content (AvgIpc) is 2.90. The van der Waals surface area contributed by atoms with Crippen LogP contribution in [-0.4, -0.2) is 11.9 Å². The van der Waals surface area contributed by atoms with E-state index in [0.717, 1.165) is 19.3 Å². The molecule has 0 heterocycles. The maximum Gasteiger partial charge on any atom is 0.252 e. The number of rotatable bonds is 1. The molecule has 2 atom stereocenters. The molecule has 0 aromatic heterocycles. The van der Waals surface area contributed by atoms with E-state index >= 15 is 0 Å². The van der Waals surface area contributed by atoms with Gasteiger partial charge in [-0.3, -0.25) is 4.79 Å². The smallest absolute Gasteiger partial charge is 0.252 e. The third-order valence-corrected chi connectivity index (χ3v) is 4.01. The number of nitrogens with zero attached hydrogens (tertiary/aromatic N) is 1. The van der Waals surface area contributed by atoms with Gasteiger partial charge in [0.15, 0.2) is 5.96 Å². The molecular weight excluding hydrogens is 214 g/mol. The predicted molar refractivity (Wildman–Crippen MR) is 65.4 cm³/mol. The van der Waals surface area contributed by atoms with Crippen molar-refractivity contribution in [3.05, 3.63) is 35.4 Å². The lowest BCUT2D eigenvalue weighted by molar-refractivity contribution is -0.119. The largest absolute Gasteiger partial charge is 0.370 e. The van der Waals surface area contributed by atoms with Crippen molar-refractivity contribution < 1.29 is 4.79 Å². The van der Waals surface area contributed by atoms with E-state index in [1.807, 2.05) is 12.1 Å². The molecule has 1 aromatic rings. The van der Waals surface area contributed by atoms with Crippen LogP contribution in [0.3, 0.4) is 0 Å². The highest BCUT2D eigenvalue weighted by Gasteiger charge is 2.61. The number of amides is 1. The van der Waals surface area contributed by atoms with Gasteiger partial charge in [0.1, 0.15) is 0 Å². The topological polar surface area (TPSA) is 81.5 Å². The summed E-state index contributed by atoms with van der Waals surface area (Å²) in [7, 11) is 0. The molecule has 88 valence electrons. The Labute approximate surface area is 99.7 Å². The number of aryl methyl sites for hydroxylation is 1. The summed E-state index contributed by atoms with van der Waals surface area (Å²) in [5.74, 6) is -0.321. The fourth-order valence-electron chi connectivity index (χ4n) is 3.12. The van der Waals surface area contributed by atoms with Crippen LogP contribution in [0.15, 0.2) is 29.3 Å². The monoisotopic (exact) mass is 229 g/mol. The number of nitrogens with two attached hydrogens (primary N) is 2. The standard InChI is InChI=1S/C13H15N3O/c14-12(15)16-11(17)10-7-13(10)6-5-8-3-1-2-4-9(8)13/h1-4,10H,5-7H2,(H4,14,15,16,17)/t10-,13-/m0/s1. The fourth-order valence-corrected chi connectivity index (χ4v) is 3.12. The minimum Gasteiger partial charge on any atom is -0.370 e. The Morgan fingerprint density at radius 2 is 2.12 bits per heavy atom. The molecule has 17 heavy (non-hydrogen) atoms. The van der Waals surface area contributed by atoms with E-state index in [1.165, 1.54) is 11.1 Å². The van der Waals surface area contributed by atoms with Crippen LogP contribution >= 0.6 is 0 Å². The summed E-state index contributed by atoms with van der Waals surface area (Å²) >= 11 is 0. The van der Waals surface area contributed by atoms with Crippen LogP contribution in [0.25, 0.3) is 0 Å². The van der Waals surface area contributed by atoms with Gasteiger partial charge < -0.3 is 11.5 Å². The van der Waals surface area contributed by atoms with Gasteiger partial charge in [-0.1, -0.05) is 24.3 Å². The Bertz CT molecular complexity index is 519. The zero-order valence-electron chi connectivity index (χ0n) is 9.52. The second kappa shape index (κ2) is 3.32. The molecule has 1 saturated carbocycles. The first-order valence-corrected chi connectivity index (χ1v) is 5.85. The number of hydrogen-bond donors (Lipinski definition) is 2. The number of carbonyl (C=O) groups excluding carboxylic acids is 1. The maximum atomic E-state index is 11.8. The van der Waals surface area contributed by atoms with Crippen LogP contribution in [0.4, 0.5) is 0 Å². The fraction of sp³-hybridized carbons (Fsp3) is 0.385. The molecule has 2 aliphatic carbocycles. The third kappa shape index (κ3) is 1.44. The molecule has 0 aliphatic heterocycles. The van der Waals surface area contributed by atoms with E-state index in [0.29, 0.717) is 0 Å². The van der Waals surface area contributed by atoms with Crippen molar-refractivity contribution in [2.75, 3.05) is 0 Å². The van der Waals surface area contributed by atoms with E-state index in [9.17, 15) is 4.79 Å². The van der Waals surface area contributed by atoms with Gasteiger partial charge in [0.25, 0.3) is 5.91 Å². The minimum absolute atomic E-state index is 0.0201. The Hall–Kier alpha value is -1.84. The molecule has 2 aliphatic rings. The Morgan fingerprint density at radius 1 is 1.35 bits per heavy atom. The Balaban J connectivity index is 1.89. The highest BCUT2D eigenvalue weighted by molar-refractivity contribution is 5.95. The highest BCUT2D eigenvalue weighted by Crippen LogP contribution is 2.61. The summed E-state index contributed by atoms with van der Waals surface area (Å²) in [5, 5.41) is 0. The molecule has 4 N–H and O–H groups in total. The van der Waals surface area contributed by atoms with Crippen molar-refractivity contribution in [2.45, 2.75) is 24.7 Å². The molecule has 0 unspecified atom stereocenters. The first-order chi connectivity index (χ1) is 8.13. The van der Waals surface area contributed by atoms with Gasteiger partial charge in [0, 0.05) is 5.41 Å². The first kappa shape index (κ1) is 10.3. The van der Waals surface area contributed by atoms with Crippen LogP contribution < -0.4 is 11.5 Å². The average molecular weight is 229 g/mol. The SMILES string of the molecule is NC(N)=NC(=O)[C@@H]1C[C@]12CCc1ccccc12. The third-order valence-electron chi connectivity index (χ3n) is 4.01. The van der Waals surface area contributed by atoms with E-state index in [1.54, 1.807) is 0 Å². The molecule has 3 rings (SSSR count). The first-order valence-electron chi connectivity index (χ1n) is 5.85. The van der Waals surface area contributed by atoms with Gasteiger partial charge in [-0.15, -0.1) is 0 Å². The molecule has 1 spiro atoms. The predicted octanol–water partition coefficient (Wildman–Crippen LogP) is 0.690. The van der Waals surface area contributed by atoms with Crippen LogP contribution in [0, 0.1) is 5.92 Å². The second-order valence-electron chi connectivity index (χ2n) is 4.94. The highest BCUT2D eigenvalue weighted by atomic mass is 16.1. The van der Waals surface area contributed by atoms with Gasteiger partial charge in [-0.05, 0) is 30.4 Å². The summed E-state index contributed by atoms with van der Waals surface area (Å²) in [5.41, 5.74) is 13.2. The van der Waals surface area contributed by atoms with E-state index in [-0.39, 0.29) is 23.2 Å². The van der Waals surface area contributed by atoms with Crippen LogP contribution in [0.1, 0.15) is 24.0 Å². The summed E-state index contributed by atoms with van der Waals surface area (Å²) in [6.45, 7) is 0. The van der Waals surface area contributed by atoms with Crippen molar-refractivity contribution in [1.29, 1.82) is 0 Å². The van der Waals surface area contributed by atoms with Gasteiger partial charge in [0.2, 0.25) is 0 Å². The molecule has 1 aromatic carbocycles. The number of hydrogen-bond acceptors (Lipinski definition) is 1.